The van der Waals surface area contributed by atoms with Crippen molar-refractivity contribution in [2.75, 3.05) is 0 Å². The molecule has 4 rings (SSSR count). The molecule has 0 atom stereocenters. The van der Waals surface area contributed by atoms with Crippen LogP contribution in [0.1, 0.15) is 58.1 Å². The van der Waals surface area contributed by atoms with E-state index in [0.717, 1.165) is 31.2 Å². The lowest BCUT2D eigenvalue weighted by molar-refractivity contribution is -0.126. The van der Waals surface area contributed by atoms with E-state index in [1.165, 1.54) is 15.5 Å². The van der Waals surface area contributed by atoms with Crippen molar-refractivity contribution >= 4 is 16.9 Å². The first-order chi connectivity index (χ1) is 14.2. The number of para-hydroxylation sites is 1. The summed E-state index contributed by atoms with van der Waals surface area (Å²) in [5, 5.41) is 0. The molecule has 0 saturated heterocycles. The molecule has 1 fully saturated rings. The third kappa shape index (κ3) is 3.32. The number of imidazole rings is 1. The summed E-state index contributed by atoms with van der Waals surface area (Å²) in [4.78, 5) is 44.1. The van der Waals surface area contributed by atoms with Crippen LogP contribution < -0.4 is 11.2 Å². The maximum absolute atomic E-state index is 13.5. The smallest absolute Gasteiger partial charge is 0.317 e. The van der Waals surface area contributed by atoms with Crippen molar-refractivity contribution in [3.05, 3.63) is 57.0 Å². The first-order valence-corrected chi connectivity index (χ1v) is 10.5. The van der Waals surface area contributed by atoms with E-state index in [1.54, 1.807) is 4.57 Å². The van der Waals surface area contributed by atoms with Gasteiger partial charge < -0.3 is 4.57 Å². The van der Waals surface area contributed by atoms with Gasteiger partial charge in [0.25, 0.3) is 5.56 Å². The Kier molecular flexibility index (Phi) is 5.00. The second kappa shape index (κ2) is 7.38. The summed E-state index contributed by atoms with van der Waals surface area (Å²) >= 11 is 0. The van der Waals surface area contributed by atoms with Crippen LogP contribution in [0.4, 0.5) is 0 Å². The summed E-state index contributed by atoms with van der Waals surface area (Å²) in [5.74, 6) is 0.00209. The van der Waals surface area contributed by atoms with Crippen molar-refractivity contribution < 1.29 is 4.79 Å². The number of aromatic nitrogens is 4. The number of fused-ring (bicyclic) bond motifs is 1. The number of nitrogens with zero attached hydrogens (tertiary/aromatic N) is 4. The second-order valence-electron chi connectivity index (χ2n) is 9.24. The maximum atomic E-state index is 13.5. The Bertz CT molecular complexity index is 1230. The molecule has 0 spiro atoms. The fourth-order valence-corrected chi connectivity index (χ4v) is 4.18. The Balaban J connectivity index is 2.04. The Morgan fingerprint density at radius 2 is 1.80 bits per heavy atom. The monoisotopic (exact) mass is 408 g/mol. The van der Waals surface area contributed by atoms with Gasteiger partial charge in [-0.15, -0.1) is 0 Å². The number of ketones is 1. The normalized spacial score (nSPS) is 15.2. The molecule has 1 aliphatic rings. The molecule has 7 nitrogen and oxygen atoms in total. The van der Waals surface area contributed by atoms with Crippen LogP contribution in [0.25, 0.3) is 16.9 Å². The van der Waals surface area contributed by atoms with Gasteiger partial charge in [0.15, 0.2) is 16.9 Å². The van der Waals surface area contributed by atoms with Crippen molar-refractivity contribution in [1.29, 1.82) is 0 Å². The highest BCUT2D eigenvalue weighted by Gasteiger charge is 2.28. The molecular formula is C23H28N4O3. The molecule has 0 unspecified atom stereocenters. The number of Topliss-reactive ketones (excluding diaryl/α,β-unsaturated/α-hetero) is 1. The van der Waals surface area contributed by atoms with Crippen LogP contribution in [0.3, 0.4) is 0 Å². The van der Waals surface area contributed by atoms with Crippen LogP contribution in [0, 0.1) is 12.3 Å². The molecule has 3 aromatic rings. The van der Waals surface area contributed by atoms with Gasteiger partial charge in [-0.1, -0.05) is 51.8 Å². The summed E-state index contributed by atoms with van der Waals surface area (Å²) in [7, 11) is 0. The molecule has 1 aliphatic carbocycles. The lowest BCUT2D eigenvalue weighted by Gasteiger charge is -2.19. The van der Waals surface area contributed by atoms with Gasteiger partial charge in [0.1, 0.15) is 0 Å². The van der Waals surface area contributed by atoms with Crippen LogP contribution >= 0.6 is 0 Å². The van der Waals surface area contributed by atoms with Crippen molar-refractivity contribution in [3.8, 4) is 5.69 Å². The molecule has 30 heavy (non-hydrogen) atoms. The average molecular weight is 409 g/mol. The van der Waals surface area contributed by atoms with Crippen LogP contribution in [-0.4, -0.2) is 24.5 Å². The van der Waals surface area contributed by atoms with E-state index < -0.39 is 5.41 Å². The molecule has 7 heteroatoms. The Hall–Kier alpha value is -2.96. The largest absolute Gasteiger partial charge is 0.337 e. The molecule has 0 radical (unpaired) electrons. The SMILES string of the molecule is Cc1ccccc1-n1c(=O)n(C2CCCC2)c(=O)c2c1ncn2CC(=O)C(C)(C)C. The average Bonchev–Trinajstić information content (AvgIpc) is 3.33. The van der Waals surface area contributed by atoms with Crippen molar-refractivity contribution in [2.24, 2.45) is 5.41 Å². The zero-order valence-electron chi connectivity index (χ0n) is 18.0. The minimum absolute atomic E-state index is 0.00209. The molecular weight excluding hydrogens is 380 g/mol. The van der Waals surface area contributed by atoms with Crippen LogP contribution in [0.15, 0.2) is 40.2 Å². The first kappa shape index (κ1) is 20.3. The van der Waals surface area contributed by atoms with E-state index in [9.17, 15) is 14.4 Å². The molecule has 2 heterocycles. The number of hydrogen-bond donors (Lipinski definition) is 0. The topological polar surface area (TPSA) is 78.9 Å². The van der Waals surface area contributed by atoms with Gasteiger partial charge >= 0.3 is 5.69 Å². The van der Waals surface area contributed by atoms with Crippen LogP contribution in [-0.2, 0) is 11.3 Å². The fourth-order valence-electron chi connectivity index (χ4n) is 4.18. The molecule has 1 aromatic carbocycles. The number of aryl methyl sites for hydroxylation is 1. The Morgan fingerprint density at radius 1 is 1.13 bits per heavy atom. The van der Waals surface area contributed by atoms with E-state index in [-0.39, 0.29) is 29.6 Å². The quantitative estimate of drug-likeness (QED) is 0.663. The molecule has 0 aliphatic heterocycles. The van der Waals surface area contributed by atoms with E-state index in [2.05, 4.69) is 4.98 Å². The molecule has 0 amide bonds. The Morgan fingerprint density at radius 3 is 2.43 bits per heavy atom. The van der Waals surface area contributed by atoms with Gasteiger partial charge in [0, 0.05) is 11.5 Å². The summed E-state index contributed by atoms with van der Waals surface area (Å²) in [6.07, 6.45) is 5.12. The van der Waals surface area contributed by atoms with Gasteiger partial charge in [0.2, 0.25) is 0 Å². The number of benzene rings is 1. The highest BCUT2D eigenvalue weighted by Crippen LogP contribution is 2.28. The van der Waals surface area contributed by atoms with Crippen LogP contribution in [0.2, 0.25) is 0 Å². The standard InChI is InChI=1S/C23H28N4O3/c1-15-9-5-8-12-17(15)27-20-19(25(14-24-20)13-18(28)23(2,3)4)21(29)26(22(27)30)16-10-6-7-11-16/h5,8-9,12,14,16H,6-7,10-11,13H2,1-4H3. The lowest BCUT2D eigenvalue weighted by atomic mass is 9.91. The van der Waals surface area contributed by atoms with E-state index in [1.807, 2.05) is 52.0 Å². The fraction of sp³-hybridized carbons (Fsp3) is 0.478. The van der Waals surface area contributed by atoms with Gasteiger partial charge in [-0.05, 0) is 31.4 Å². The van der Waals surface area contributed by atoms with E-state index >= 15 is 0 Å². The molecule has 2 aromatic heterocycles. The van der Waals surface area contributed by atoms with Gasteiger partial charge in [-0.3, -0.25) is 14.2 Å². The molecule has 0 bridgehead atoms. The Labute approximate surface area is 175 Å². The number of hydrogen-bond acceptors (Lipinski definition) is 4. The predicted octanol–water partition coefficient (Wildman–Crippen LogP) is 3.39. The molecule has 158 valence electrons. The van der Waals surface area contributed by atoms with E-state index in [4.69, 9.17) is 0 Å². The van der Waals surface area contributed by atoms with Crippen molar-refractivity contribution in [2.45, 2.75) is 66.0 Å². The summed E-state index contributed by atoms with van der Waals surface area (Å²) in [5.41, 5.74) is 0.972. The lowest BCUT2D eigenvalue weighted by Crippen LogP contribution is -2.42. The third-order valence-electron chi connectivity index (χ3n) is 6.05. The van der Waals surface area contributed by atoms with Crippen molar-refractivity contribution in [1.82, 2.24) is 18.7 Å². The second-order valence-corrected chi connectivity index (χ2v) is 9.24. The van der Waals surface area contributed by atoms with Crippen molar-refractivity contribution in [3.63, 3.8) is 0 Å². The predicted molar refractivity (Wildman–Crippen MR) is 116 cm³/mol. The maximum Gasteiger partial charge on any atom is 0.337 e. The highest BCUT2D eigenvalue weighted by molar-refractivity contribution is 5.85. The number of carbonyl (C=O) groups is 1. The number of carbonyl (C=O) groups excluding carboxylic acids is 1. The molecule has 0 N–H and O–H groups in total. The summed E-state index contributed by atoms with van der Waals surface area (Å²) in [6, 6.07) is 7.45. The third-order valence-corrected chi connectivity index (χ3v) is 6.05. The summed E-state index contributed by atoms with van der Waals surface area (Å²) < 4.78 is 4.52. The minimum Gasteiger partial charge on any atom is -0.317 e. The van der Waals surface area contributed by atoms with Gasteiger partial charge in [0.05, 0.1) is 18.6 Å². The highest BCUT2D eigenvalue weighted by atomic mass is 16.2. The summed E-state index contributed by atoms with van der Waals surface area (Å²) in [6.45, 7) is 7.54. The molecule has 1 saturated carbocycles. The van der Waals surface area contributed by atoms with E-state index in [0.29, 0.717) is 16.9 Å². The van der Waals surface area contributed by atoms with Gasteiger partial charge in [-0.2, -0.15) is 0 Å². The van der Waals surface area contributed by atoms with Crippen LogP contribution in [0.5, 0.6) is 0 Å². The zero-order chi connectivity index (χ0) is 21.6. The zero-order valence-corrected chi connectivity index (χ0v) is 18.0. The number of rotatable bonds is 4. The minimum atomic E-state index is -0.536. The first-order valence-electron chi connectivity index (χ1n) is 10.5. The van der Waals surface area contributed by atoms with Gasteiger partial charge in [-0.25, -0.2) is 14.3 Å².